The summed E-state index contributed by atoms with van der Waals surface area (Å²) < 4.78 is 15.2. The minimum Gasteiger partial charge on any atom is -0.364 e. The van der Waals surface area contributed by atoms with E-state index in [-0.39, 0.29) is 11.7 Å². The fraction of sp³-hybridized carbons (Fsp3) is 0.125. The standard InChI is InChI=1S/C16H13FN4O/c17-10-2-1-3-11(8-10)20-16(22)12-9-19-13-4-6-21-7-5-18-15(21)14(12)13/h1-3,5,7-9,19H,4,6H2,(H,20,22). The number of halogens is 1. The number of hydrogen-bond acceptors (Lipinski definition) is 2. The van der Waals surface area contributed by atoms with Crippen molar-refractivity contribution in [3.05, 3.63) is 59.9 Å². The topological polar surface area (TPSA) is 62.7 Å². The molecule has 1 aliphatic heterocycles. The van der Waals surface area contributed by atoms with Crippen LogP contribution in [-0.2, 0) is 13.0 Å². The van der Waals surface area contributed by atoms with Gasteiger partial charge in [0.25, 0.3) is 5.91 Å². The Morgan fingerprint density at radius 1 is 1.41 bits per heavy atom. The number of nitrogens with zero attached hydrogens (tertiary/aromatic N) is 2. The molecule has 0 saturated heterocycles. The molecule has 3 aromatic rings. The lowest BCUT2D eigenvalue weighted by molar-refractivity contribution is 0.102. The zero-order chi connectivity index (χ0) is 15.1. The predicted molar refractivity (Wildman–Crippen MR) is 80.1 cm³/mol. The van der Waals surface area contributed by atoms with Gasteiger partial charge in [-0.15, -0.1) is 0 Å². The molecule has 5 nitrogen and oxygen atoms in total. The Bertz CT molecular complexity index is 865. The third kappa shape index (κ3) is 2.00. The molecule has 0 aliphatic carbocycles. The Morgan fingerprint density at radius 3 is 3.18 bits per heavy atom. The van der Waals surface area contributed by atoms with Crippen LogP contribution in [0, 0.1) is 5.82 Å². The average molecular weight is 296 g/mol. The molecule has 2 N–H and O–H groups in total. The van der Waals surface area contributed by atoms with Gasteiger partial charge in [-0.25, -0.2) is 9.37 Å². The Hall–Kier alpha value is -2.89. The molecule has 6 heteroatoms. The van der Waals surface area contributed by atoms with Crippen LogP contribution < -0.4 is 5.32 Å². The molecule has 0 bridgehead atoms. The SMILES string of the molecule is O=C(Nc1cccc(F)c1)c1c[nH]c2c1-c1nccn1CC2. The minimum absolute atomic E-state index is 0.278. The second-order valence-electron chi connectivity index (χ2n) is 5.21. The van der Waals surface area contributed by atoms with Crippen LogP contribution in [0.1, 0.15) is 16.1 Å². The molecule has 1 aromatic carbocycles. The highest BCUT2D eigenvalue weighted by Gasteiger charge is 2.25. The highest BCUT2D eigenvalue weighted by Crippen LogP contribution is 2.31. The van der Waals surface area contributed by atoms with Crippen LogP contribution in [0.4, 0.5) is 10.1 Å². The van der Waals surface area contributed by atoms with Gasteiger partial charge in [-0.1, -0.05) is 6.07 Å². The highest BCUT2D eigenvalue weighted by atomic mass is 19.1. The van der Waals surface area contributed by atoms with Crippen LogP contribution in [-0.4, -0.2) is 20.4 Å². The van der Waals surface area contributed by atoms with Gasteiger partial charge in [-0.05, 0) is 18.2 Å². The molecule has 22 heavy (non-hydrogen) atoms. The summed E-state index contributed by atoms with van der Waals surface area (Å²) in [5, 5.41) is 2.72. The maximum Gasteiger partial charge on any atom is 0.257 e. The van der Waals surface area contributed by atoms with E-state index >= 15 is 0 Å². The maximum atomic E-state index is 13.2. The molecule has 3 heterocycles. The van der Waals surface area contributed by atoms with Crippen molar-refractivity contribution >= 4 is 11.6 Å². The summed E-state index contributed by atoms with van der Waals surface area (Å²) in [4.78, 5) is 20.0. The summed E-state index contributed by atoms with van der Waals surface area (Å²) in [6, 6.07) is 5.84. The monoisotopic (exact) mass is 296 g/mol. The van der Waals surface area contributed by atoms with Crippen molar-refractivity contribution in [3.8, 4) is 11.4 Å². The summed E-state index contributed by atoms with van der Waals surface area (Å²) in [6.07, 6.45) is 6.14. The second kappa shape index (κ2) is 4.84. The van der Waals surface area contributed by atoms with Gasteiger partial charge in [0, 0.05) is 42.9 Å². The van der Waals surface area contributed by atoms with Gasteiger partial charge in [-0.3, -0.25) is 4.79 Å². The molecule has 0 unspecified atom stereocenters. The number of imidazole rings is 1. The normalized spacial score (nSPS) is 12.6. The molecule has 0 fully saturated rings. The lowest BCUT2D eigenvalue weighted by Gasteiger charge is -2.15. The predicted octanol–water partition coefficient (Wildman–Crippen LogP) is 2.83. The van der Waals surface area contributed by atoms with E-state index in [1.165, 1.54) is 12.1 Å². The number of nitrogens with one attached hydrogen (secondary N) is 2. The van der Waals surface area contributed by atoms with Gasteiger partial charge >= 0.3 is 0 Å². The number of carbonyl (C=O) groups excluding carboxylic acids is 1. The van der Waals surface area contributed by atoms with E-state index in [1.807, 2.05) is 10.8 Å². The second-order valence-corrected chi connectivity index (χ2v) is 5.21. The number of aromatic amines is 1. The van der Waals surface area contributed by atoms with Crippen molar-refractivity contribution in [2.45, 2.75) is 13.0 Å². The van der Waals surface area contributed by atoms with E-state index in [0.29, 0.717) is 11.3 Å². The highest BCUT2D eigenvalue weighted by molar-refractivity contribution is 6.08. The van der Waals surface area contributed by atoms with Crippen molar-refractivity contribution < 1.29 is 9.18 Å². The summed E-state index contributed by atoms with van der Waals surface area (Å²) in [6.45, 7) is 0.841. The molecule has 1 amide bonds. The Labute approximate surface area is 125 Å². The number of carbonyl (C=O) groups is 1. The molecule has 4 rings (SSSR count). The summed E-state index contributed by atoms with van der Waals surface area (Å²) in [5.74, 6) is 0.121. The van der Waals surface area contributed by atoms with E-state index in [0.717, 1.165) is 30.0 Å². The molecule has 110 valence electrons. The van der Waals surface area contributed by atoms with Crippen molar-refractivity contribution in [3.63, 3.8) is 0 Å². The third-order valence-corrected chi connectivity index (χ3v) is 3.83. The van der Waals surface area contributed by atoms with Crippen LogP contribution >= 0.6 is 0 Å². The Morgan fingerprint density at radius 2 is 2.32 bits per heavy atom. The van der Waals surface area contributed by atoms with Crippen LogP contribution in [0.2, 0.25) is 0 Å². The van der Waals surface area contributed by atoms with Crippen molar-refractivity contribution in [1.82, 2.24) is 14.5 Å². The van der Waals surface area contributed by atoms with E-state index in [4.69, 9.17) is 0 Å². The third-order valence-electron chi connectivity index (χ3n) is 3.83. The number of fused-ring (bicyclic) bond motifs is 3. The summed E-state index contributed by atoms with van der Waals surface area (Å²) in [5.41, 5.74) is 2.78. The lowest BCUT2D eigenvalue weighted by atomic mass is 10.0. The van der Waals surface area contributed by atoms with E-state index in [1.54, 1.807) is 24.5 Å². The van der Waals surface area contributed by atoms with Gasteiger partial charge in [-0.2, -0.15) is 0 Å². The molecule has 0 saturated carbocycles. The zero-order valence-electron chi connectivity index (χ0n) is 11.6. The first kappa shape index (κ1) is 12.8. The van der Waals surface area contributed by atoms with E-state index in [2.05, 4.69) is 15.3 Å². The molecule has 0 atom stereocenters. The van der Waals surface area contributed by atoms with Crippen molar-refractivity contribution in [1.29, 1.82) is 0 Å². The van der Waals surface area contributed by atoms with Crippen LogP contribution in [0.5, 0.6) is 0 Å². The van der Waals surface area contributed by atoms with Gasteiger partial charge in [0.05, 0.1) is 11.1 Å². The lowest BCUT2D eigenvalue weighted by Crippen LogP contribution is -2.15. The number of H-pyrrole nitrogens is 1. The Balaban J connectivity index is 1.70. The average Bonchev–Trinajstić information content (AvgIpc) is 3.13. The van der Waals surface area contributed by atoms with Gasteiger partial charge in [0.1, 0.15) is 11.6 Å². The van der Waals surface area contributed by atoms with Crippen molar-refractivity contribution in [2.75, 3.05) is 5.32 Å². The number of anilines is 1. The fourth-order valence-corrected chi connectivity index (χ4v) is 2.81. The molecule has 0 radical (unpaired) electrons. The first-order valence-electron chi connectivity index (χ1n) is 7.01. The summed E-state index contributed by atoms with van der Waals surface area (Å²) >= 11 is 0. The van der Waals surface area contributed by atoms with Gasteiger partial charge < -0.3 is 14.9 Å². The number of aryl methyl sites for hydroxylation is 2. The summed E-state index contributed by atoms with van der Waals surface area (Å²) in [7, 11) is 0. The molecular formula is C16H13FN4O. The minimum atomic E-state index is -0.385. The zero-order valence-corrected chi connectivity index (χ0v) is 11.6. The van der Waals surface area contributed by atoms with Crippen LogP contribution in [0.3, 0.4) is 0 Å². The number of hydrogen-bond donors (Lipinski definition) is 2. The van der Waals surface area contributed by atoms with Gasteiger partial charge in [0.2, 0.25) is 0 Å². The first-order chi connectivity index (χ1) is 10.7. The van der Waals surface area contributed by atoms with Crippen LogP contribution in [0.15, 0.2) is 42.9 Å². The fourth-order valence-electron chi connectivity index (χ4n) is 2.81. The van der Waals surface area contributed by atoms with Gasteiger partial charge in [0.15, 0.2) is 0 Å². The van der Waals surface area contributed by atoms with E-state index < -0.39 is 0 Å². The van der Waals surface area contributed by atoms with E-state index in [9.17, 15) is 9.18 Å². The number of rotatable bonds is 2. The number of benzene rings is 1. The smallest absolute Gasteiger partial charge is 0.257 e. The van der Waals surface area contributed by atoms with Crippen molar-refractivity contribution in [2.24, 2.45) is 0 Å². The largest absolute Gasteiger partial charge is 0.364 e. The van der Waals surface area contributed by atoms with Crippen LogP contribution in [0.25, 0.3) is 11.4 Å². The first-order valence-corrected chi connectivity index (χ1v) is 7.01. The maximum absolute atomic E-state index is 13.2. The molecule has 1 aliphatic rings. The molecule has 0 spiro atoms. The Kier molecular flexibility index (Phi) is 2.82. The molecular weight excluding hydrogens is 283 g/mol. The number of amides is 1. The number of aromatic nitrogens is 3. The quantitative estimate of drug-likeness (QED) is 0.764. The molecule has 2 aromatic heterocycles.